The van der Waals surface area contributed by atoms with Crippen LogP contribution in [0.3, 0.4) is 0 Å². The summed E-state index contributed by atoms with van der Waals surface area (Å²) < 4.78 is 27.7. The monoisotopic (exact) mass is 518 g/mol. The second-order valence-electron chi connectivity index (χ2n) is 9.48. The SMILES string of the molecule is COc1cc([C@@H]2c3cc4c(cc3[C@@H](NC(=O)c3ccc(N)cc3)C3COC(=O)[C@@H]32)OCO4)cc(OC)c1O. The largest absolute Gasteiger partial charge is 0.502 e. The molecule has 3 aromatic carbocycles. The number of phenolic OH excluding ortho intramolecular Hbond substituents is 1. The summed E-state index contributed by atoms with van der Waals surface area (Å²) in [5, 5.41) is 13.6. The number of fused-ring (bicyclic) bond motifs is 3. The molecule has 0 aromatic heterocycles. The van der Waals surface area contributed by atoms with E-state index in [1.54, 1.807) is 36.4 Å². The lowest BCUT2D eigenvalue weighted by atomic mass is 9.65. The van der Waals surface area contributed by atoms with Gasteiger partial charge in [0.2, 0.25) is 12.5 Å². The molecule has 3 aliphatic rings. The number of hydrogen-bond acceptors (Lipinski definition) is 9. The second-order valence-corrected chi connectivity index (χ2v) is 9.48. The first-order valence-corrected chi connectivity index (χ1v) is 12.1. The third kappa shape index (κ3) is 3.71. The smallest absolute Gasteiger partial charge is 0.310 e. The van der Waals surface area contributed by atoms with Gasteiger partial charge >= 0.3 is 5.97 Å². The number of aromatic hydroxyl groups is 1. The van der Waals surface area contributed by atoms with E-state index in [4.69, 9.17) is 29.4 Å². The van der Waals surface area contributed by atoms with Crippen molar-refractivity contribution >= 4 is 17.6 Å². The Morgan fingerprint density at radius 3 is 2.24 bits per heavy atom. The fourth-order valence-electron chi connectivity index (χ4n) is 5.70. The van der Waals surface area contributed by atoms with E-state index in [9.17, 15) is 14.7 Å². The standard InChI is InChI=1S/C28H26N2O8/c1-34-21-7-14(8-22(35-2)26(21)31)23-16-9-19-20(38-12-37-19)10-17(16)25(18-11-36-28(33)24(18)23)30-27(32)13-3-5-15(29)6-4-13/h3-10,18,23-25,31H,11-12,29H2,1-2H3,(H,30,32)/t18?,23-,24+,25-/m1/s1. The zero-order chi connectivity index (χ0) is 26.6. The lowest BCUT2D eigenvalue weighted by molar-refractivity contribution is -0.141. The molecular formula is C28H26N2O8. The average Bonchev–Trinajstić information content (AvgIpc) is 3.54. The molecule has 2 aliphatic heterocycles. The maximum atomic E-state index is 13.3. The Hall–Kier alpha value is -4.60. The number of amides is 1. The highest BCUT2D eigenvalue weighted by Gasteiger charge is 2.53. The molecule has 2 heterocycles. The van der Waals surface area contributed by atoms with E-state index in [2.05, 4.69) is 5.32 Å². The van der Waals surface area contributed by atoms with Crippen molar-refractivity contribution in [2.45, 2.75) is 12.0 Å². The number of rotatable bonds is 5. The second kappa shape index (κ2) is 9.05. The Labute approximate surface area is 218 Å². The number of benzene rings is 3. The minimum Gasteiger partial charge on any atom is -0.502 e. The number of cyclic esters (lactones) is 1. The molecule has 6 rings (SSSR count). The third-order valence-electron chi connectivity index (χ3n) is 7.51. The van der Waals surface area contributed by atoms with Crippen LogP contribution < -0.4 is 30.0 Å². The van der Waals surface area contributed by atoms with E-state index in [0.717, 1.165) is 11.1 Å². The van der Waals surface area contributed by atoms with E-state index >= 15 is 0 Å². The number of hydrogen-bond donors (Lipinski definition) is 3. The number of nitrogens with two attached hydrogens (primary N) is 1. The minimum atomic E-state index is -0.626. The fraction of sp³-hybridized carbons (Fsp3) is 0.286. The van der Waals surface area contributed by atoms with Crippen LogP contribution in [0.4, 0.5) is 5.69 Å². The number of anilines is 1. The number of methoxy groups -OCH3 is 2. The van der Waals surface area contributed by atoms with Gasteiger partial charge in [-0.3, -0.25) is 9.59 Å². The van der Waals surface area contributed by atoms with E-state index in [-0.39, 0.29) is 48.4 Å². The Balaban J connectivity index is 1.51. The normalized spacial score (nSPS) is 22.7. The van der Waals surface area contributed by atoms with Gasteiger partial charge in [-0.25, -0.2) is 0 Å². The Morgan fingerprint density at radius 1 is 0.974 bits per heavy atom. The van der Waals surface area contributed by atoms with Gasteiger partial charge < -0.3 is 39.8 Å². The van der Waals surface area contributed by atoms with Gasteiger partial charge in [0.1, 0.15) is 0 Å². The molecule has 4 atom stereocenters. The maximum Gasteiger partial charge on any atom is 0.310 e. The summed E-state index contributed by atoms with van der Waals surface area (Å²) in [6.07, 6.45) is 0. The lowest BCUT2D eigenvalue weighted by Gasteiger charge is -2.39. The predicted molar refractivity (Wildman–Crippen MR) is 135 cm³/mol. The van der Waals surface area contributed by atoms with Gasteiger partial charge in [0, 0.05) is 23.1 Å². The molecule has 38 heavy (non-hydrogen) atoms. The molecule has 0 bridgehead atoms. The highest BCUT2D eigenvalue weighted by Crippen LogP contribution is 2.55. The summed E-state index contributed by atoms with van der Waals surface area (Å²) in [6, 6.07) is 13.2. The van der Waals surface area contributed by atoms with Crippen LogP contribution in [-0.4, -0.2) is 44.6 Å². The van der Waals surface area contributed by atoms with Crippen molar-refractivity contribution in [3.63, 3.8) is 0 Å². The zero-order valence-corrected chi connectivity index (χ0v) is 20.7. The van der Waals surface area contributed by atoms with Crippen LogP contribution in [-0.2, 0) is 9.53 Å². The fourth-order valence-corrected chi connectivity index (χ4v) is 5.70. The van der Waals surface area contributed by atoms with Gasteiger partial charge in [-0.2, -0.15) is 0 Å². The first kappa shape index (κ1) is 23.8. The summed E-state index contributed by atoms with van der Waals surface area (Å²) in [4.78, 5) is 26.5. The number of phenols is 1. The van der Waals surface area contributed by atoms with Gasteiger partial charge in [-0.1, -0.05) is 0 Å². The van der Waals surface area contributed by atoms with Gasteiger partial charge in [0.15, 0.2) is 23.0 Å². The quantitative estimate of drug-likeness (QED) is 0.343. The third-order valence-corrected chi connectivity index (χ3v) is 7.51. The molecular weight excluding hydrogens is 492 g/mol. The Morgan fingerprint density at radius 2 is 1.61 bits per heavy atom. The van der Waals surface area contributed by atoms with Gasteiger partial charge in [0.05, 0.1) is 32.8 Å². The average molecular weight is 519 g/mol. The van der Waals surface area contributed by atoms with Crippen molar-refractivity contribution in [1.29, 1.82) is 0 Å². The molecule has 0 saturated carbocycles. The Kier molecular flexibility index (Phi) is 5.67. The summed E-state index contributed by atoms with van der Waals surface area (Å²) in [7, 11) is 2.89. The molecule has 0 radical (unpaired) electrons. The minimum absolute atomic E-state index is 0.0705. The molecule has 10 heteroatoms. The van der Waals surface area contributed by atoms with Crippen molar-refractivity contribution < 1.29 is 38.4 Å². The first-order valence-electron chi connectivity index (χ1n) is 12.1. The number of esters is 1. The van der Waals surface area contributed by atoms with Crippen molar-refractivity contribution in [1.82, 2.24) is 5.32 Å². The number of nitrogen functional groups attached to an aromatic ring is 1. The highest BCUT2D eigenvalue weighted by atomic mass is 16.7. The summed E-state index contributed by atoms with van der Waals surface area (Å²) in [5.74, 6) is -0.788. The number of nitrogens with one attached hydrogen (secondary N) is 1. The molecule has 4 N–H and O–H groups in total. The number of ether oxygens (including phenoxy) is 5. The van der Waals surface area contributed by atoms with Gasteiger partial charge in [-0.05, 0) is 65.2 Å². The lowest BCUT2D eigenvalue weighted by Crippen LogP contribution is -2.42. The molecule has 1 amide bonds. The van der Waals surface area contributed by atoms with Crippen molar-refractivity contribution in [2.75, 3.05) is 33.4 Å². The highest BCUT2D eigenvalue weighted by molar-refractivity contribution is 5.95. The molecule has 1 aliphatic carbocycles. The topological polar surface area (TPSA) is 139 Å². The first-order chi connectivity index (χ1) is 18.4. The van der Waals surface area contributed by atoms with Crippen LogP contribution >= 0.6 is 0 Å². The van der Waals surface area contributed by atoms with Gasteiger partial charge in [0.25, 0.3) is 5.91 Å². The molecule has 1 fully saturated rings. The van der Waals surface area contributed by atoms with Crippen LogP contribution in [0.2, 0.25) is 0 Å². The maximum absolute atomic E-state index is 13.3. The van der Waals surface area contributed by atoms with Crippen LogP contribution in [0.5, 0.6) is 28.7 Å². The summed E-state index contributed by atoms with van der Waals surface area (Å²) >= 11 is 0. The van der Waals surface area contributed by atoms with E-state index in [1.165, 1.54) is 14.2 Å². The number of carbonyl (C=O) groups is 2. The van der Waals surface area contributed by atoms with Crippen LogP contribution in [0.25, 0.3) is 0 Å². The van der Waals surface area contributed by atoms with Gasteiger partial charge in [-0.15, -0.1) is 0 Å². The predicted octanol–water partition coefficient (Wildman–Crippen LogP) is 3.13. The molecule has 0 spiro atoms. The molecule has 3 aromatic rings. The summed E-state index contributed by atoms with van der Waals surface area (Å²) in [6.45, 7) is 0.202. The van der Waals surface area contributed by atoms with Crippen LogP contribution in [0.15, 0.2) is 48.5 Å². The van der Waals surface area contributed by atoms with Crippen molar-refractivity contribution in [3.8, 4) is 28.7 Å². The zero-order valence-electron chi connectivity index (χ0n) is 20.7. The van der Waals surface area contributed by atoms with E-state index in [1.807, 2.05) is 12.1 Å². The molecule has 1 unspecified atom stereocenters. The molecule has 10 nitrogen and oxygen atoms in total. The number of carbonyl (C=O) groups excluding carboxylic acids is 2. The van der Waals surface area contributed by atoms with Crippen LogP contribution in [0, 0.1) is 11.8 Å². The van der Waals surface area contributed by atoms with E-state index < -0.39 is 17.9 Å². The Bertz CT molecular complexity index is 1410. The summed E-state index contributed by atoms with van der Waals surface area (Å²) in [5.41, 5.74) is 9.03. The van der Waals surface area contributed by atoms with E-state index in [0.29, 0.717) is 28.3 Å². The van der Waals surface area contributed by atoms with Crippen molar-refractivity contribution in [3.05, 3.63) is 70.8 Å². The van der Waals surface area contributed by atoms with Crippen molar-refractivity contribution in [2.24, 2.45) is 11.8 Å². The molecule has 196 valence electrons. The van der Waals surface area contributed by atoms with Crippen LogP contribution in [0.1, 0.15) is 39.0 Å². The molecule has 1 saturated heterocycles.